The molecule has 0 bridgehead atoms. The molecule has 0 radical (unpaired) electrons. The number of carboxylic acids is 1. The van der Waals surface area contributed by atoms with Crippen LogP contribution < -0.4 is 16.0 Å². The second kappa shape index (κ2) is 4.75. The molecule has 1 aromatic carbocycles. The van der Waals surface area contributed by atoms with E-state index in [0.717, 1.165) is 6.07 Å². The third-order valence-electron chi connectivity index (χ3n) is 3.19. The van der Waals surface area contributed by atoms with Gasteiger partial charge in [0.15, 0.2) is 0 Å². The number of rotatable bonds is 2. The predicted octanol–water partition coefficient (Wildman–Crippen LogP) is 0.431. The molecule has 1 atom stereocenters. The summed E-state index contributed by atoms with van der Waals surface area (Å²) in [5.74, 6) is -2.30. The van der Waals surface area contributed by atoms with Gasteiger partial charge in [-0.1, -0.05) is 0 Å². The van der Waals surface area contributed by atoms with Crippen LogP contribution in [0.5, 0.6) is 0 Å². The van der Waals surface area contributed by atoms with E-state index in [-0.39, 0.29) is 17.2 Å². The highest BCUT2D eigenvalue weighted by Crippen LogP contribution is 2.30. The standard InChI is InChI=1S/C12H14FN3O3/c1-6-11(17)15-4-5-16(6)8-3-2-7(13)10(14)9(8)12(18)19/h2-3,6H,4-5,14H2,1H3,(H,15,17)(H,18,19). The Kier molecular flexibility index (Phi) is 3.28. The number of halogens is 1. The molecule has 102 valence electrons. The Morgan fingerprint density at radius 1 is 1.58 bits per heavy atom. The third-order valence-corrected chi connectivity index (χ3v) is 3.19. The van der Waals surface area contributed by atoms with E-state index in [2.05, 4.69) is 5.32 Å². The van der Waals surface area contributed by atoms with Gasteiger partial charge in [-0.3, -0.25) is 4.79 Å². The van der Waals surface area contributed by atoms with Crippen LogP contribution in [0.1, 0.15) is 17.3 Å². The molecule has 7 heteroatoms. The minimum atomic E-state index is -1.31. The monoisotopic (exact) mass is 267 g/mol. The van der Waals surface area contributed by atoms with E-state index in [1.54, 1.807) is 11.8 Å². The molecule has 0 aromatic heterocycles. The Bertz CT molecular complexity index is 547. The highest BCUT2D eigenvalue weighted by atomic mass is 19.1. The van der Waals surface area contributed by atoms with Gasteiger partial charge in [-0.05, 0) is 19.1 Å². The highest BCUT2D eigenvalue weighted by Gasteiger charge is 2.30. The van der Waals surface area contributed by atoms with Crippen molar-refractivity contribution in [3.63, 3.8) is 0 Å². The summed E-state index contributed by atoms with van der Waals surface area (Å²) in [4.78, 5) is 24.5. The zero-order valence-corrected chi connectivity index (χ0v) is 10.3. The number of carbonyl (C=O) groups is 2. The van der Waals surface area contributed by atoms with Crippen molar-refractivity contribution < 1.29 is 19.1 Å². The van der Waals surface area contributed by atoms with Crippen molar-refractivity contribution in [1.29, 1.82) is 0 Å². The average molecular weight is 267 g/mol. The van der Waals surface area contributed by atoms with Gasteiger partial charge in [0.1, 0.15) is 17.4 Å². The molecule has 1 saturated heterocycles. The largest absolute Gasteiger partial charge is 0.478 e. The van der Waals surface area contributed by atoms with Gasteiger partial charge in [-0.15, -0.1) is 0 Å². The first-order valence-corrected chi connectivity index (χ1v) is 5.79. The van der Waals surface area contributed by atoms with E-state index >= 15 is 0 Å². The summed E-state index contributed by atoms with van der Waals surface area (Å²) in [6.45, 7) is 2.50. The summed E-state index contributed by atoms with van der Waals surface area (Å²) < 4.78 is 13.4. The van der Waals surface area contributed by atoms with Crippen LogP contribution in [0.3, 0.4) is 0 Å². The van der Waals surface area contributed by atoms with E-state index in [4.69, 9.17) is 5.73 Å². The number of hydrogen-bond donors (Lipinski definition) is 3. The number of piperazine rings is 1. The summed E-state index contributed by atoms with van der Waals surface area (Å²) in [6, 6.07) is 1.91. The van der Waals surface area contributed by atoms with Crippen molar-refractivity contribution in [1.82, 2.24) is 5.32 Å². The van der Waals surface area contributed by atoms with Crippen LogP contribution in [0.15, 0.2) is 12.1 Å². The number of nitrogens with zero attached hydrogens (tertiary/aromatic N) is 1. The lowest BCUT2D eigenvalue weighted by Gasteiger charge is -2.35. The minimum absolute atomic E-state index is 0.203. The molecule has 0 aliphatic carbocycles. The fourth-order valence-electron chi connectivity index (χ4n) is 2.16. The molecule has 4 N–H and O–H groups in total. The third kappa shape index (κ3) is 2.18. The summed E-state index contributed by atoms with van der Waals surface area (Å²) in [5.41, 5.74) is 5.03. The molecule has 6 nitrogen and oxygen atoms in total. The number of aromatic carboxylic acids is 1. The average Bonchev–Trinajstić information content (AvgIpc) is 2.35. The molecule has 1 fully saturated rings. The van der Waals surface area contributed by atoms with Gasteiger partial charge in [0.05, 0.1) is 11.4 Å². The van der Waals surface area contributed by atoms with Crippen LogP contribution in [0.2, 0.25) is 0 Å². The Morgan fingerprint density at radius 2 is 2.26 bits per heavy atom. The Balaban J connectivity index is 2.53. The van der Waals surface area contributed by atoms with Crippen molar-refractivity contribution in [2.75, 3.05) is 23.7 Å². The number of benzene rings is 1. The molecule has 0 saturated carbocycles. The lowest BCUT2D eigenvalue weighted by atomic mass is 10.1. The number of nitrogen functional groups attached to an aromatic ring is 1. The second-order valence-electron chi connectivity index (χ2n) is 4.32. The van der Waals surface area contributed by atoms with Gasteiger partial charge >= 0.3 is 5.97 Å². The van der Waals surface area contributed by atoms with E-state index in [0.29, 0.717) is 13.1 Å². The topological polar surface area (TPSA) is 95.7 Å². The first kappa shape index (κ1) is 13.1. The van der Waals surface area contributed by atoms with Gasteiger partial charge in [-0.25, -0.2) is 9.18 Å². The van der Waals surface area contributed by atoms with Crippen molar-refractivity contribution in [3.05, 3.63) is 23.5 Å². The molecule has 1 aromatic rings. The number of anilines is 2. The fraction of sp³-hybridized carbons (Fsp3) is 0.333. The molecule has 1 heterocycles. The molecule has 2 rings (SSSR count). The molecule has 19 heavy (non-hydrogen) atoms. The van der Waals surface area contributed by atoms with Gasteiger partial charge in [0, 0.05) is 13.1 Å². The van der Waals surface area contributed by atoms with Crippen LogP contribution in [0, 0.1) is 5.82 Å². The lowest BCUT2D eigenvalue weighted by molar-refractivity contribution is -0.122. The van der Waals surface area contributed by atoms with Gasteiger partial charge < -0.3 is 21.1 Å². The Morgan fingerprint density at radius 3 is 2.89 bits per heavy atom. The first-order chi connectivity index (χ1) is 8.93. The summed E-state index contributed by atoms with van der Waals surface area (Å²) in [5, 5.41) is 11.9. The van der Waals surface area contributed by atoms with Gasteiger partial charge in [0.25, 0.3) is 0 Å². The Hall–Kier alpha value is -2.31. The van der Waals surface area contributed by atoms with Crippen LogP contribution in [-0.4, -0.2) is 36.1 Å². The van der Waals surface area contributed by atoms with Crippen LogP contribution in [0.4, 0.5) is 15.8 Å². The van der Waals surface area contributed by atoms with Crippen LogP contribution >= 0.6 is 0 Å². The number of carboxylic acid groups (broad SMARTS) is 1. The van der Waals surface area contributed by atoms with Crippen molar-refractivity contribution >= 4 is 23.3 Å². The maximum Gasteiger partial charge on any atom is 0.340 e. The first-order valence-electron chi connectivity index (χ1n) is 5.79. The summed E-state index contributed by atoms with van der Waals surface area (Å²) >= 11 is 0. The number of amides is 1. The zero-order chi connectivity index (χ0) is 14.2. The van der Waals surface area contributed by atoms with E-state index < -0.39 is 23.5 Å². The van der Waals surface area contributed by atoms with Crippen molar-refractivity contribution in [3.8, 4) is 0 Å². The minimum Gasteiger partial charge on any atom is -0.478 e. The number of nitrogens with two attached hydrogens (primary N) is 1. The maximum absolute atomic E-state index is 13.4. The lowest BCUT2D eigenvalue weighted by Crippen LogP contribution is -2.54. The van der Waals surface area contributed by atoms with E-state index in [1.165, 1.54) is 6.07 Å². The normalized spacial score (nSPS) is 19.2. The predicted molar refractivity (Wildman–Crippen MR) is 67.6 cm³/mol. The number of hydrogen-bond acceptors (Lipinski definition) is 4. The Labute approximate surface area is 109 Å². The van der Waals surface area contributed by atoms with Crippen molar-refractivity contribution in [2.24, 2.45) is 0 Å². The molecule has 1 amide bonds. The molecule has 1 unspecified atom stereocenters. The number of carbonyl (C=O) groups excluding carboxylic acids is 1. The van der Waals surface area contributed by atoms with Gasteiger partial charge in [0.2, 0.25) is 5.91 Å². The summed E-state index contributed by atoms with van der Waals surface area (Å²) in [7, 11) is 0. The molecule has 1 aliphatic rings. The molecule has 0 spiro atoms. The fourth-order valence-corrected chi connectivity index (χ4v) is 2.16. The van der Waals surface area contributed by atoms with Crippen LogP contribution in [0.25, 0.3) is 0 Å². The van der Waals surface area contributed by atoms with Crippen LogP contribution in [-0.2, 0) is 4.79 Å². The SMILES string of the molecule is CC1C(=O)NCCN1c1ccc(F)c(N)c1C(=O)O. The zero-order valence-electron chi connectivity index (χ0n) is 10.3. The van der Waals surface area contributed by atoms with Gasteiger partial charge in [-0.2, -0.15) is 0 Å². The number of nitrogens with one attached hydrogen (secondary N) is 1. The summed E-state index contributed by atoms with van der Waals surface area (Å²) in [6.07, 6.45) is 0. The maximum atomic E-state index is 13.4. The quantitative estimate of drug-likeness (QED) is 0.675. The smallest absolute Gasteiger partial charge is 0.340 e. The molecular formula is C12H14FN3O3. The second-order valence-corrected chi connectivity index (χ2v) is 4.32. The van der Waals surface area contributed by atoms with Crippen molar-refractivity contribution in [2.45, 2.75) is 13.0 Å². The molecular weight excluding hydrogens is 253 g/mol. The van der Waals surface area contributed by atoms with E-state index in [1.807, 2.05) is 0 Å². The highest BCUT2D eigenvalue weighted by molar-refractivity contribution is 6.01. The molecule has 1 aliphatic heterocycles. The van der Waals surface area contributed by atoms with E-state index in [9.17, 15) is 19.1 Å².